The number of Topliss-reactive ketones (excluding diaryl/α,β-unsaturated/α-hetero) is 2. The number of carbonyl (C=O) groups excluding carboxylic acids is 2. The second kappa shape index (κ2) is 9.56. The Bertz CT molecular complexity index is 2060. The second-order valence-electron chi connectivity index (χ2n) is 11.9. The van der Waals surface area contributed by atoms with E-state index < -0.39 is 0 Å². The van der Waals surface area contributed by atoms with Gasteiger partial charge < -0.3 is 4.90 Å². The Balaban J connectivity index is 1.20. The van der Waals surface area contributed by atoms with Crippen LogP contribution < -0.4 is 4.90 Å². The third-order valence-corrected chi connectivity index (χ3v) is 11.0. The molecule has 8 rings (SSSR count). The third-order valence-electron chi connectivity index (χ3n) is 8.75. The van der Waals surface area contributed by atoms with E-state index in [9.17, 15) is 9.59 Å². The lowest BCUT2D eigenvalue weighted by molar-refractivity contribution is -0.114. The molecule has 2 aromatic heterocycles. The summed E-state index contributed by atoms with van der Waals surface area (Å²) in [6.07, 6.45) is 4.34. The molecular formula is C37H28N2O2S2. The number of nitrogens with zero attached hydrogens (tertiary/aromatic N) is 2. The zero-order valence-electron chi connectivity index (χ0n) is 24.0. The number of dihydropyridines is 1. The summed E-state index contributed by atoms with van der Waals surface area (Å²) in [5.74, 6) is -0.446. The van der Waals surface area contributed by atoms with Crippen molar-refractivity contribution in [2.45, 2.75) is 38.6 Å². The highest BCUT2D eigenvalue weighted by Gasteiger charge is 2.41. The van der Waals surface area contributed by atoms with Gasteiger partial charge in [0.15, 0.2) is 5.78 Å². The van der Waals surface area contributed by atoms with E-state index >= 15 is 0 Å². The van der Waals surface area contributed by atoms with Crippen molar-refractivity contribution in [1.82, 2.24) is 0 Å². The number of allylic oxidation sites excluding steroid dienone is 2. The summed E-state index contributed by atoms with van der Waals surface area (Å²) in [4.78, 5) is 35.2. The van der Waals surface area contributed by atoms with Gasteiger partial charge in [-0.15, -0.1) is 22.7 Å². The van der Waals surface area contributed by atoms with E-state index in [0.29, 0.717) is 17.7 Å². The summed E-state index contributed by atoms with van der Waals surface area (Å²) in [6, 6.07) is 30.3. The average Bonchev–Trinajstić information content (AvgIpc) is 3.73. The molecule has 2 aliphatic carbocycles. The molecule has 6 heteroatoms. The van der Waals surface area contributed by atoms with Gasteiger partial charge in [-0.05, 0) is 84.0 Å². The van der Waals surface area contributed by atoms with Crippen LogP contribution in [0.5, 0.6) is 0 Å². The van der Waals surface area contributed by atoms with Crippen LogP contribution in [0, 0.1) is 0 Å². The Kier molecular flexibility index (Phi) is 5.84. The molecule has 0 radical (unpaired) electrons. The van der Waals surface area contributed by atoms with Crippen LogP contribution >= 0.6 is 22.7 Å². The van der Waals surface area contributed by atoms with Gasteiger partial charge in [-0.3, -0.25) is 14.6 Å². The lowest BCUT2D eigenvalue weighted by atomic mass is 9.82. The molecule has 0 saturated heterocycles. The highest BCUT2D eigenvalue weighted by molar-refractivity contribution is 7.23. The number of thiophene rings is 2. The van der Waals surface area contributed by atoms with E-state index in [2.05, 4.69) is 109 Å². The quantitative estimate of drug-likeness (QED) is 0.153. The van der Waals surface area contributed by atoms with Crippen molar-refractivity contribution < 1.29 is 9.59 Å². The van der Waals surface area contributed by atoms with E-state index in [1.807, 2.05) is 13.0 Å². The largest absolute Gasteiger partial charge is 0.302 e. The van der Waals surface area contributed by atoms with Gasteiger partial charge in [0.05, 0.1) is 11.6 Å². The number of aliphatic imine (C=N–C) groups is 1. The number of rotatable bonds is 4. The molecule has 3 heterocycles. The maximum Gasteiger partial charge on any atom is 0.215 e. The molecular weight excluding hydrogens is 569 g/mol. The molecule has 1 atom stereocenters. The van der Waals surface area contributed by atoms with Crippen molar-refractivity contribution in [2.75, 3.05) is 4.90 Å². The van der Waals surface area contributed by atoms with Crippen molar-refractivity contribution in [3.8, 4) is 10.4 Å². The minimum absolute atomic E-state index is 0.0271. The Morgan fingerprint density at radius 3 is 2.47 bits per heavy atom. The third kappa shape index (κ3) is 4.04. The van der Waals surface area contributed by atoms with Crippen molar-refractivity contribution in [3.63, 3.8) is 0 Å². The van der Waals surface area contributed by atoms with Crippen LogP contribution in [0.25, 0.3) is 26.6 Å². The maximum atomic E-state index is 13.1. The zero-order valence-corrected chi connectivity index (χ0v) is 25.7. The summed E-state index contributed by atoms with van der Waals surface area (Å²) in [6.45, 7) is 6.49. The molecule has 1 saturated carbocycles. The fourth-order valence-corrected chi connectivity index (χ4v) is 8.90. The van der Waals surface area contributed by atoms with Crippen molar-refractivity contribution in [1.29, 1.82) is 0 Å². The van der Waals surface area contributed by atoms with Crippen LogP contribution in [0.1, 0.15) is 43.2 Å². The normalized spacial score (nSPS) is 19.3. The fraction of sp³-hybridized carbons (Fsp3) is 0.162. The van der Waals surface area contributed by atoms with Gasteiger partial charge in [-0.2, -0.15) is 0 Å². The smallest absolute Gasteiger partial charge is 0.215 e. The topological polar surface area (TPSA) is 49.7 Å². The van der Waals surface area contributed by atoms with Crippen molar-refractivity contribution in [2.24, 2.45) is 4.99 Å². The molecule has 0 spiro atoms. The minimum Gasteiger partial charge on any atom is -0.302 e. The predicted octanol–water partition coefficient (Wildman–Crippen LogP) is 9.43. The minimum atomic E-state index is -0.247. The van der Waals surface area contributed by atoms with Crippen LogP contribution in [0.4, 0.5) is 16.4 Å². The van der Waals surface area contributed by atoms with Gasteiger partial charge in [-0.1, -0.05) is 62.4 Å². The van der Waals surface area contributed by atoms with Crippen molar-refractivity contribution in [3.05, 3.63) is 118 Å². The average molecular weight is 597 g/mol. The monoisotopic (exact) mass is 596 g/mol. The number of para-hydroxylation sites is 1. The Morgan fingerprint density at radius 1 is 0.860 bits per heavy atom. The molecule has 1 unspecified atom stereocenters. The number of benzene rings is 3. The van der Waals surface area contributed by atoms with Crippen LogP contribution in [0.15, 0.2) is 107 Å². The predicted molar refractivity (Wildman–Crippen MR) is 180 cm³/mol. The molecule has 3 aliphatic rings. The standard InChI is InChI=1S/C37H28N2O2S2/c1-21-13-15-27-33(38-21)35(41)28(34(27)40)19-25-20-30-36(42-25)26-16-14-24(18-29(26)37(30,2)3)39(23-10-5-4-6-11-23)32-17-22-9-7-8-12-31(22)43-32/h4-12,14-21H,13H2,1-3H3/b28-19+. The Hall–Kier alpha value is -4.39. The van der Waals surface area contributed by atoms with E-state index in [0.717, 1.165) is 16.3 Å². The van der Waals surface area contributed by atoms with Gasteiger partial charge in [-0.25, -0.2) is 0 Å². The Morgan fingerprint density at radius 2 is 1.65 bits per heavy atom. The number of anilines is 3. The van der Waals surface area contributed by atoms with E-state index in [4.69, 9.17) is 0 Å². The first-order chi connectivity index (χ1) is 20.8. The van der Waals surface area contributed by atoms with Crippen LogP contribution in [0.2, 0.25) is 0 Å². The first-order valence-electron chi connectivity index (χ1n) is 14.5. The van der Waals surface area contributed by atoms with Gasteiger partial charge in [0.25, 0.3) is 0 Å². The number of hydrogen-bond acceptors (Lipinski definition) is 6. The first-order valence-corrected chi connectivity index (χ1v) is 16.2. The van der Waals surface area contributed by atoms with Gasteiger partial charge >= 0.3 is 0 Å². The summed E-state index contributed by atoms with van der Waals surface area (Å²) < 4.78 is 1.26. The van der Waals surface area contributed by atoms with E-state index in [-0.39, 0.29) is 28.6 Å². The molecule has 0 N–H and O–H groups in total. The maximum absolute atomic E-state index is 13.1. The zero-order chi connectivity index (χ0) is 29.5. The van der Waals surface area contributed by atoms with Crippen LogP contribution in [0.3, 0.4) is 0 Å². The molecule has 1 aliphatic heterocycles. The van der Waals surface area contributed by atoms with E-state index in [1.54, 1.807) is 28.7 Å². The SMILES string of the molecule is CC1CC=C2C(=O)/C(=C\c3cc4c(s3)-c3ccc(N(c5ccccc5)c5cc6ccccc6s5)cc3C4(C)C)C(=O)C2=N1. The molecule has 5 aromatic rings. The molecule has 3 aromatic carbocycles. The summed E-state index contributed by atoms with van der Waals surface area (Å²) in [5.41, 5.74) is 6.75. The molecule has 0 amide bonds. The van der Waals surface area contributed by atoms with Gasteiger partial charge in [0.2, 0.25) is 5.78 Å². The lowest BCUT2D eigenvalue weighted by Gasteiger charge is -2.27. The van der Waals surface area contributed by atoms with Gasteiger partial charge in [0, 0.05) is 36.8 Å². The Labute approximate surface area is 258 Å². The van der Waals surface area contributed by atoms with Crippen LogP contribution in [-0.2, 0) is 15.0 Å². The van der Waals surface area contributed by atoms with Crippen LogP contribution in [-0.4, -0.2) is 23.3 Å². The molecule has 0 bridgehead atoms. The summed E-state index contributed by atoms with van der Waals surface area (Å²) in [7, 11) is 0. The lowest BCUT2D eigenvalue weighted by Crippen LogP contribution is -2.16. The number of ketones is 2. The fourth-order valence-electron chi connectivity index (χ4n) is 6.49. The van der Waals surface area contributed by atoms with Crippen molar-refractivity contribution >= 4 is 72.5 Å². The second-order valence-corrected chi connectivity index (χ2v) is 14.1. The summed E-state index contributed by atoms with van der Waals surface area (Å²) in [5, 5.41) is 2.41. The van der Waals surface area contributed by atoms with Gasteiger partial charge in [0.1, 0.15) is 10.7 Å². The summed E-state index contributed by atoms with van der Waals surface area (Å²) >= 11 is 3.45. The number of carbonyl (C=O) groups is 2. The first kappa shape index (κ1) is 26.3. The molecule has 1 fully saturated rings. The highest BCUT2D eigenvalue weighted by atomic mass is 32.1. The molecule has 210 valence electrons. The number of fused-ring (bicyclic) bond motifs is 5. The number of hydrogen-bond donors (Lipinski definition) is 0. The highest BCUT2D eigenvalue weighted by Crippen LogP contribution is 2.54. The van der Waals surface area contributed by atoms with E-state index in [1.165, 1.54) is 36.7 Å². The molecule has 43 heavy (non-hydrogen) atoms. The molecule has 4 nitrogen and oxygen atoms in total.